The fourth-order valence-corrected chi connectivity index (χ4v) is 1.84. The van der Waals surface area contributed by atoms with E-state index >= 15 is 0 Å². The Morgan fingerprint density at radius 2 is 2.53 bits per heavy atom. The predicted molar refractivity (Wildman–Crippen MR) is 54.5 cm³/mol. The first-order valence-corrected chi connectivity index (χ1v) is 5.09. The number of piperidine rings is 1. The van der Waals surface area contributed by atoms with E-state index in [9.17, 15) is 4.79 Å². The van der Waals surface area contributed by atoms with Gasteiger partial charge in [0.15, 0.2) is 0 Å². The number of nitriles is 1. The van der Waals surface area contributed by atoms with Crippen LogP contribution in [0.15, 0.2) is 18.3 Å². The minimum absolute atomic E-state index is 0.00216. The fourth-order valence-electron chi connectivity index (χ4n) is 1.84. The zero-order chi connectivity index (χ0) is 10.7. The molecule has 2 heterocycles. The lowest BCUT2D eigenvalue weighted by atomic mass is 9.99. The van der Waals surface area contributed by atoms with E-state index in [0.29, 0.717) is 25.9 Å². The predicted octanol–water partition coefficient (Wildman–Crippen LogP) is 1.28. The third kappa shape index (κ3) is 2.18. The van der Waals surface area contributed by atoms with Crippen LogP contribution in [-0.2, 0) is 11.3 Å². The summed E-state index contributed by atoms with van der Waals surface area (Å²) in [5.41, 5.74) is 1.02. The van der Waals surface area contributed by atoms with E-state index in [2.05, 4.69) is 11.1 Å². The van der Waals surface area contributed by atoms with Crippen molar-refractivity contribution in [3.05, 3.63) is 24.0 Å². The lowest BCUT2D eigenvalue weighted by Crippen LogP contribution is -2.39. The summed E-state index contributed by atoms with van der Waals surface area (Å²) in [6.45, 7) is 1.15. The maximum Gasteiger partial charge on any atom is 0.223 e. The van der Waals surface area contributed by atoms with Crippen LogP contribution in [0.5, 0.6) is 0 Å². The Balaban J connectivity index is 2.01. The van der Waals surface area contributed by atoms with Crippen molar-refractivity contribution in [2.24, 2.45) is 5.92 Å². The average molecular weight is 203 g/mol. The van der Waals surface area contributed by atoms with Gasteiger partial charge in [-0.3, -0.25) is 4.79 Å². The second-order valence-corrected chi connectivity index (χ2v) is 3.83. The number of amides is 1. The Bertz CT molecular complexity index is 377. The van der Waals surface area contributed by atoms with Gasteiger partial charge in [0, 0.05) is 24.9 Å². The summed E-state index contributed by atoms with van der Waals surface area (Å²) in [7, 11) is 0. The third-order valence-corrected chi connectivity index (χ3v) is 2.71. The maximum atomic E-state index is 11.6. The molecule has 0 bridgehead atoms. The molecule has 1 aliphatic rings. The molecule has 0 aromatic carbocycles. The summed E-state index contributed by atoms with van der Waals surface area (Å²) < 4.78 is 0. The molecular weight excluding hydrogens is 190 g/mol. The maximum absolute atomic E-state index is 11.6. The van der Waals surface area contributed by atoms with Crippen LogP contribution in [0.25, 0.3) is 0 Å². The number of likely N-dealkylation sites (tertiary alicyclic amines) is 1. The summed E-state index contributed by atoms with van der Waals surface area (Å²) in [5, 5.41) is 8.83. The molecule has 1 saturated heterocycles. The molecule has 1 N–H and O–H groups in total. The van der Waals surface area contributed by atoms with Crippen molar-refractivity contribution >= 4 is 5.91 Å². The number of hydrogen-bond acceptors (Lipinski definition) is 2. The number of hydrogen-bond donors (Lipinski definition) is 1. The molecule has 1 aromatic rings. The molecule has 2 rings (SSSR count). The first kappa shape index (κ1) is 9.78. The Kier molecular flexibility index (Phi) is 2.72. The van der Waals surface area contributed by atoms with Crippen molar-refractivity contribution < 1.29 is 4.79 Å². The van der Waals surface area contributed by atoms with Gasteiger partial charge in [0.2, 0.25) is 5.91 Å². The number of carbonyl (C=O) groups is 1. The van der Waals surface area contributed by atoms with Gasteiger partial charge in [-0.05, 0) is 18.6 Å². The third-order valence-electron chi connectivity index (χ3n) is 2.71. The number of nitrogens with one attached hydrogen (secondary N) is 1. The monoisotopic (exact) mass is 203 g/mol. The van der Waals surface area contributed by atoms with Crippen LogP contribution in [0.1, 0.15) is 18.5 Å². The van der Waals surface area contributed by atoms with Gasteiger partial charge in [0.05, 0.1) is 18.5 Å². The molecular formula is C11H13N3O. The van der Waals surface area contributed by atoms with Gasteiger partial charge in [0.1, 0.15) is 0 Å². The van der Waals surface area contributed by atoms with Crippen LogP contribution < -0.4 is 0 Å². The Hall–Kier alpha value is -1.76. The van der Waals surface area contributed by atoms with Crippen LogP contribution in [0, 0.1) is 17.2 Å². The standard InChI is InChI=1S/C11H13N3O/c12-6-9-3-4-11(15)14(7-9)8-10-2-1-5-13-10/h1-2,5,9,13H,3-4,7-8H2. The lowest BCUT2D eigenvalue weighted by molar-refractivity contribution is -0.134. The number of nitrogens with zero attached hydrogens (tertiary/aromatic N) is 2. The van der Waals surface area contributed by atoms with Crippen molar-refractivity contribution in [1.82, 2.24) is 9.88 Å². The highest BCUT2D eigenvalue weighted by atomic mass is 16.2. The van der Waals surface area contributed by atoms with E-state index in [1.54, 1.807) is 4.90 Å². The molecule has 0 radical (unpaired) electrons. The number of aromatic nitrogens is 1. The van der Waals surface area contributed by atoms with Gasteiger partial charge in [-0.2, -0.15) is 5.26 Å². The van der Waals surface area contributed by atoms with E-state index in [0.717, 1.165) is 5.69 Å². The largest absolute Gasteiger partial charge is 0.364 e. The van der Waals surface area contributed by atoms with Crippen molar-refractivity contribution in [2.75, 3.05) is 6.54 Å². The van der Waals surface area contributed by atoms with E-state index in [-0.39, 0.29) is 11.8 Å². The van der Waals surface area contributed by atoms with Crippen molar-refractivity contribution in [1.29, 1.82) is 5.26 Å². The van der Waals surface area contributed by atoms with Crippen molar-refractivity contribution in [3.8, 4) is 6.07 Å². The summed E-state index contributed by atoms with van der Waals surface area (Å²) in [6, 6.07) is 6.09. The highest BCUT2D eigenvalue weighted by molar-refractivity contribution is 5.77. The van der Waals surface area contributed by atoms with Crippen LogP contribution in [0.2, 0.25) is 0 Å². The number of H-pyrrole nitrogens is 1. The van der Waals surface area contributed by atoms with Gasteiger partial charge >= 0.3 is 0 Å². The molecule has 1 unspecified atom stereocenters. The Morgan fingerprint density at radius 3 is 3.20 bits per heavy atom. The molecule has 4 nitrogen and oxygen atoms in total. The zero-order valence-corrected chi connectivity index (χ0v) is 8.44. The molecule has 0 saturated carbocycles. The minimum atomic E-state index is -0.00216. The van der Waals surface area contributed by atoms with Gasteiger partial charge in [-0.1, -0.05) is 0 Å². The fraction of sp³-hybridized carbons (Fsp3) is 0.455. The Labute approximate surface area is 88.5 Å². The first-order chi connectivity index (χ1) is 7.29. The summed E-state index contributed by atoms with van der Waals surface area (Å²) in [5.74, 6) is 0.147. The zero-order valence-electron chi connectivity index (χ0n) is 8.44. The SMILES string of the molecule is N#CC1CCC(=O)N(Cc2ccc[nH]2)C1. The molecule has 15 heavy (non-hydrogen) atoms. The number of carbonyl (C=O) groups excluding carboxylic acids is 1. The van der Waals surface area contributed by atoms with Crippen LogP contribution >= 0.6 is 0 Å². The topological polar surface area (TPSA) is 59.9 Å². The Morgan fingerprint density at radius 1 is 1.67 bits per heavy atom. The second kappa shape index (κ2) is 4.18. The van der Waals surface area contributed by atoms with Crippen LogP contribution in [0.3, 0.4) is 0 Å². The van der Waals surface area contributed by atoms with Crippen LogP contribution in [-0.4, -0.2) is 22.3 Å². The van der Waals surface area contributed by atoms with E-state index in [4.69, 9.17) is 5.26 Å². The molecule has 1 atom stereocenters. The van der Waals surface area contributed by atoms with Gasteiger partial charge < -0.3 is 9.88 Å². The molecule has 1 fully saturated rings. The average Bonchev–Trinajstić information content (AvgIpc) is 2.74. The van der Waals surface area contributed by atoms with Gasteiger partial charge in [0.25, 0.3) is 0 Å². The first-order valence-electron chi connectivity index (χ1n) is 5.09. The second-order valence-electron chi connectivity index (χ2n) is 3.83. The van der Waals surface area contributed by atoms with E-state index in [1.807, 2.05) is 18.3 Å². The quantitative estimate of drug-likeness (QED) is 0.787. The molecule has 1 aromatic heterocycles. The molecule has 78 valence electrons. The van der Waals surface area contributed by atoms with Crippen molar-refractivity contribution in [3.63, 3.8) is 0 Å². The van der Waals surface area contributed by atoms with E-state index < -0.39 is 0 Å². The molecule has 0 aliphatic carbocycles. The summed E-state index contributed by atoms with van der Waals surface area (Å²) in [4.78, 5) is 16.4. The van der Waals surface area contributed by atoms with Gasteiger partial charge in [-0.15, -0.1) is 0 Å². The number of rotatable bonds is 2. The number of aromatic amines is 1. The molecule has 4 heteroatoms. The lowest BCUT2D eigenvalue weighted by Gasteiger charge is -2.29. The highest BCUT2D eigenvalue weighted by Gasteiger charge is 2.25. The van der Waals surface area contributed by atoms with E-state index in [1.165, 1.54) is 0 Å². The highest BCUT2D eigenvalue weighted by Crippen LogP contribution is 2.18. The summed E-state index contributed by atoms with van der Waals surface area (Å²) >= 11 is 0. The smallest absolute Gasteiger partial charge is 0.223 e. The van der Waals surface area contributed by atoms with Gasteiger partial charge in [-0.25, -0.2) is 0 Å². The molecule has 1 amide bonds. The van der Waals surface area contributed by atoms with Crippen molar-refractivity contribution in [2.45, 2.75) is 19.4 Å². The summed E-state index contributed by atoms with van der Waals surface area (Å²) in [6.07, 6.45) is 3.04. The van der Waals surface area contributed by atoms with Crippen LogP contribution in [0.4, 0.5) is 0 Å². The molecule has 0 spiro atoms. The minimum Gasteiger partial charge on any atom is -0.364 e. The normalized spacial score (nSPS) is 21.4. The molecule has 1 aliphatic heterocycles.